The minimum Gasteiger partial charge on any atom is -0.411 e. The van der Waals surface area contributed by atoms with E-state index in [2.05, 4.69) is 10.3 Å². The first kappa shape index (κ1) is 9.18. The highest BCUT2D eigenvalue weighted by molar-refractivity contribution is 6.33. The number of hydrogen-bond acceptors (Lipinski definition) is 5. The van der Waals surface area contributed by atoms with E-state index in [0.29, 0.717) is 12.1 Å². The normalized spacial score (nSPS) is 35.5. The third kappa shape index (κ3) is 1.05. The van der Waals surface area contributed by atoms with E-state index < -0.39 is 5.60 Å². The number of rotatable bonds is 2. The number of Topliss-reactive ketones (excluding diaryl/α,β-unsaturated/α-hetero) is 1. The van der Waals surface area contributed by atoms with E-state index in [-0.39, 0.29) is 11.7 Å². The quantitative estimate of drug-likeness (QED) is 0.406. The Morgan fingerprint density at radius 3 is 3.29 bits per heavy atom. The standard InChI is InChI=1S/C9H12N2O3/c1-6(12)9-4-2-3-7(9)8(5-10-13)11-14-9/h5,7,13H,2-4H2,1H3/b10-5+/t7-,9+/m0/s1. The van der Waals surface area contributed by atoms with Crippen LogP contribution in [0.25, 0.3) is 0 Å². The molecule has 1 aliphatic heterocycles. The number of carbonyl (C=O) groups is 1. The van der Waals surface area contributed by atoms with Crippen LogP contribution in [0.5, 0.6) is 0 Å². The van der Waals surface area contributed by atoms with Crippen molar-refractivity contribution in [3.8, 4) is 0 Å². The van der Waals surface area contributed by atoms with Crippen LogP contribution in [-0.2, 0) is 9.63 Å². The van der Waals surface area contributed by atoms with Gasteiger partial charge in [0.1, 0.15) is 5.71 Å². The second-order valence-corrected chi connectivity index (χ2v) is 3.74. The van der Waals surface area contributed by atoms with Gasteiger partial charge in [-0.05, 0) is 26.2 Å². The molecule has 0 aromatic carbocycles. The Morgan fingerprint density at radius 1 is 1.86 bits per heavy atom. The van der Waals surface area contributed by atoms with Crippen molar-refractivity contribution in [2.75, 3.05) is 0 Å². The first-order valence-corrected chi connectivity index (χ1v) is 4.65. The summed E-state index contributed by atoms with van der Waals surface area (Å²) in [5.41, 5.74) is -0.198. The number of carbonyl (C=O) groups excluding carboxylic acids is 1. The Hall–Kier alpha value is -1.39. The van der Waals surface area contributed by atoms with Gasteiger partial charge in [0.2, 0.25) is 5.60 Å². The summed E-state index contributed by atoms with van der Waals surface area (Å²) in [6, 6.07) is 0. The summed E-state index contributed by atoms with van der Waals surface area (Å²) in [6.45, 7) is 1.52. The molecule has 14 heavy (non-hydrogen) atoms. The van der Waals surface area contributed by atoms with Crippen molar-refractivity contribution in [3.05, 3.63) is 0 Å². The van der Waals surface area contributed by atoms with Crippen LogP contribution in [0.3, 0.4) is 0 Å². The minimum atomic E-state index is -0.767. The summed E-state index contributed by atoms with van der Waals surface area (Å²) < 4.78 is 0. The zero-order chi connectivity index (χ0) is 10.2. The molecule has 1 saturated carbocycles. The maximum absolute atomic E-state index is 11.5. The largest absolute Gasteiger partial charge is 0.411 e. The fraction of sp³-hybridized carbons (Fsp3) is 0.667. The van der Waals surface area contributed by atoms with Gasteiger partial charge in [0.25, 0.3) is 0 Å². The third-order valence-electron chi connectivity index (χ3n) is 3.06. The molecule has 0 saturated heterocycles. The van der Waals surface area contributed by atoms with Crippen LogP contribution in [0.4, 0.5) is 0 Å². The topological polar surface area (TPSA) is 71.2 Å². The van der Waals surface area contributed by atoms with Crippen LogP contribution in [0, 0.1) is 5.92 Å². The monoisotopic (exact) mass is 196 g/mol. The fourth-order valence-corrected chi connectivity index (χ4v) is 2.33. The molecule has 1 fully saturated rings. The second-order valence-electron chi connectivity index (χ2n) is 3.74. The van der Waals surface area contributed by atoms with E-state index >= 15 is 0 Å². The molecule has 2 atom stereocenters. The molecule has 5 nitrogen and oxygen atoms in total. The van der Waals surface area contributed by atoms with Crippen molar-refractivity contribution in [2.45, 2.75) is 31.8 Å². The number of nitrogens with zero attached hydrogens (tertiary/aromatic N) is 2. The molecule has 0 amide bonds. The van der Waals surface area contributed by atoms with Crippen LogP contribution in [0.1, 0.15) is 26.2 Å². The molecule has 0 unspecified atom stereocenters. The van der Waals surface area contributed by atoms with Crippen molar-refractivity contribution in [1.29, 1.82) is 0 Å². The van der Waals surface area contributed by atoms with Crippen LogP contribution in [0.15, 0.2) is 10.3 Å². The smallest absolute Gasteiger partial charge is 0.203 e. The highest BCUT2D eigenvalue weighted by Gasteiger charge is 2.55. The Morgan fingerprint density at radius 2 is 2.64 bits per heavy atom. The average Bonchev–Trinajstić information content (AvgIpc) is 2.67. The van der Waals surface area contributed by atoms with Gasteiger partial charge in [0, 0.05) is 0 Å². The maximum Gasteiger partial charge on any atom is 0.203 e. The van der Waals surface area contributed by atoms with E-state index in [0.717, 1.165) is 12.8 Å². The Balaban J connectivity index is 2.29. The van der Waals surface area contributed by atoms with Crippen molar-refractivity contribution < 1.29 is 14.8 Å². The summed E-state index contributed by atoms with van der Waals surface area (Å²) in [6.07, 6.45) is 3.77. The van der Waals surface area contributed by atoms with Gasteiger partial charge < -0.3 is 10.0 Å². The molecule has 1 N–H and O–H groups in total. The van der Waals surface area contributed by atoms with Crippen LogP contribution >= 0.6 is 0 Å². The lowest BCUT2D eigenvalue weighted by Crippen LogP contribution is -2.41. The lowest BCUT2D eigenvalue weighted by molar-refractivity contribution is -0.141. The molecule has 5 heteroatoms. The lowest BCUT2D eigenvalue weighted by atomic mass is 9.85. The second kappa shape index (κ2) is 3.08. The molecule has 0 aromatic heterocycles. The van der Waals surface area contributed by atoms with Gasteiger partial charge in [-0.15, -0.1) is 0 Å². The van der Waals surface area contributed by atoms with E-state index in [1.165, 1.54) is 13.1 Å². The van der Waals surface area contributed by atoms with Crippen molar-refractivity contribution in [2.24, 2.45) is 16.2 Å². The highest BCUT2D eigenvalue weighted by Crippen LogP contribution is 2.44. The maximum atomic E-state index is 11.5. The molecule has 0 spiro atoms. The van der Waals surface area contributed by atoms with Gasteiger partial charge in [-0.2, -0.15) is 0 Å². The Labute approximate surface area is 81.4 Å². The van der Waals surface area contributed by atoms with E-state index in [4.69, 9.17) is 10.0 Å². The summed E-state index contributed by atoms with van der Waals surface area (Å²) in [5, 5.41) is 15.1. The molecule has 1 aliphatic carbocycles. The molecule has 0 bridgehead atoms. The minimum absolute atomic E-state index is 0.00471. The van der Waals surface area contributed by atoms with Gasteiger partial charge in [-0.1, -0.05) is 10.3 Å². The Bertz CT molecular complexity index is 324. The number of oxime groups is 2. The van der Waals surface area contributed by atoms with Crippen molar-refractivity contribution in [1.82, 2.24) is 0 Å². The number of hydrogen-bond donors (Lipinski definition) is 1. The van der Waals surface area contributed by atoms with Crippen molar-refractivity contribution >= 4 is 17.7 Å². The van der Waals surface area contributed by atoms with Gasteiger partial charge in [-0.3, -0.25) is 4.79 Å². The SMILES string of the molecule is CC(=O)[C@]12CCC[C@H]1C(/C=N/O)=NO2. The highest BCUT2D eigenvalue weighted by atomic mass is 16.7. The van der Waals surface area contributed by atoms with Crippen LogP contribution in [-0.4, -0.2) is 28.5 Å². The van der Waals surface area contributed by atoms with Gasteiger partial charge in [-0.25, -0.2) is 0 Å². The zero-order valence-electron chi connectivity index (χ0n) is 7.93. The first-order chi connectivity index (χ1) is 6.70. The molecule has 0 aromatic rings. The molecule has 0 radical (unpaired) electrons. The Kier molecular flexibility index (Phi) is 2.02. The van der Waals surface area contributed by atoms with E-state index in [9.17, 15) is 4.79 Å². The van der Waals surface area contributed by atoms with Crippen LogP contribution in [0.2, 0.25) is 0 Å². The predicted octanol–water partition coefficient (Wildman–Crippen LogP) is 0.960. The summed E-state index contributed by atoms with van der Waals surface area (Å²) in [7, 11) is 0. The summed E-state index contributed by atoms with van der Waals surface area (Å²) in [4.78, 5) is 16.7. The molecular weight excluding hydrogens is 184 g/mol. The molecule has 76 valence electrons. The molecular formula is C9H12N2O3. The third-order valence-corrected chi connectivity index (χ3v) is 3.06. The summed E-state index contributed by atoms with van der Waals surface area (Å²) in [5.74, 6) is -0.0269. The molecule has 2 rings (SSSR count). The predicted molar refractivity (Wildman–Crippen MR) is 49.6 cm³/mol. The average molecular weight is 196 g/mol. The molecule has 2 aliphatic rings. The number of ketones is 1. The fourth-order valence-electron chi connectivity index (χ4n) is 2.33. The first-order valence-electron chi connectivity index (χ1n) is 4.65. The zero-order valence-corrected chi connectivity index (χ0v) is 7.93. The van der Waals surface area contributed by atoms with Crippen molar-refractivity contribution in [3.63, 3.8) is 0 Å². The van der Waals surface area contributed by atoms with Gasteiger partial charge in [0.15, 0.2) is 5.78 Å². The van der Waals surface area contributed by atoms with E-state index in [1.807, 2.05) is 0 Å². The lowest BCUT2D eigenvalue weighted by Gasteiger charge is -2.22. The summed E-state index contributed by atoms with van der Waals surface area (Å²) >= 11 is 0. The van der Waals surface area contributed by atoms with Gasteiger partial charge >= 0.3 is 0 Å². The number of fused-ring (bicyclic) bond motifs is 1. The van der Waals surface area contributed by atoms with Gasteiger partial charge in [0.05, 0.1) is 12.1 Å². The van der Waals surface area contributed by atoms with Crippen LogP contribution < -0.4 is 0 Å². The van der Waals surface area contributed by atoms with E-state index in [1.54, 1.807) is 0 Å². The molecule has 1 heterocycles.